The number of aryl methyl sites for hydroxylation is 2. The van der Waals surface area contributed by atoms with Crippen molar-refractivity contribution in [2.24, 2.45) is 0 Å². The minimum atomic E-state index is -0.378. The van der Waals surface area contributed by atoms with Gasteiger partial charge in [0, 0.05) is 0 Å². The van der Waals surface area contributed by atoms with Gasteiger partial charge in [0.25, 0.3) is 5.56 Å². The maximum atomic E-state index is 11.5. The zero-order chi connectivity index (χ0) is 11.1. The van der Waals surface area contributed by atoms with Crippen LogP contribution in [0.2, 0.25) is 0 Å². The van der Waals surface area contributed by atoms with E-state index in [-0.39, 0.29) is 11.1 Å². The van der Waals surface area contributed by atoms with E-state index < -0.39 is 0 Å². The summed E-state index contributed by atoms with van der Waals surface area (Å²) in [5, 5.41) is 19.3. The molecule has 0 fully saturated rings. The molecule has 1 aliphatic carbocycles. The third-order valence-electron chi connectivity index (χ3n) is 2.73. The maximum Gasteiger partial charge on any atom is 0.266 e. The van der Waals surface area contributed by atoms with Crippen LogP contribution in [-0.4, -0.2) is 20.4 Å². The number of fused-ring (bicyclic) bond motifs is 3. The van der Waals surface area contributed by atoms with E-state index in [4.69, 9.17) is 5.26 Å². The Hall–Kier alpha value is -2.42. The minimum Gasteiger partial charge on any atom is -0.319 e. The van der Waals surface area contributed by atoms with Gasteiger partial charge < -0.3 is 4.98 Å². The molecule has 78 valence electrons. The molecule has 0 saturated heterocycles. The first-order valence-electron chi connectivity index (χ1n) is 4.86. The monoisotopic (exact) mass is 213 g/mol. The van der Waals surface area contributed by atoms with Crippen LogP contribution in [0.4, 0.5) is 0 Å². The number of aromatic amines is 2. The molecule has 3 rings (SSSR count). The first-order chi connectivity index (χ1) is 7.79. The second-order valence-electron chi connectivity index (χ2n) is 3.64. The Balaban J connectivity index is 2.32. The Labute approximate surface area is 89.9 Å². The van der Waals surface area contributed by atoms with Gasteiger partial charge in [-0.2, -0.15) is 20.7 Å². The molecule has 2 aromatic heterocycles. The van der Waals surface area contributed by atoms with Gasteiger partial charge in [-0.1, -0.05) is 0 Å². The lowest BCUT2D eigenvalue weighted by molar-refractivity contribution is 0.863. The number of H-pyrrole nitrogens is 2. The van der Waals surface area contributed by atoms with Gasteiger partial charge in [-0.15, -0.1) is 0 Å². The molecule has 0 amide bonds. The fraction of sp³-hybridized carbons (Fsp3) is 0.200. The van der Waals surface area contributed by atoms with Gasteiger partial charge in [0.2, 0.25) is 0 Å². The van der Waals surface area contributed by atoms with Crippen molar-refractivity contribution in [1.29, 1.82) is 5.26 Å². The molecule has 0 radical (unpaired) electrons. The predicted molar refractivity (Wildman–Crippen MR) is 54.6 cm³/mol. The fourth-order valence-corrected chi connectivity index (χ4v) is 1.94. The normalized spacial score (nSPS) is 12.7. The quantitative estimate of drug-likeness (QED) is 0.649. The number of aromatic nitrogens is 4. The lowest BCUT2D eigenvalue weighted by Crippen LogP contribution is -2.16. The van der Waals surface area contributed by atoms with Crippen molar-refractivity contribution in [3.63, 3.8) is 0 Å². The molecule has 0 aromatic carbocycles. The number of rotatable bonds is 0. The summed E-state index contributed by atoms with van der Waals surface area (Å²) in [6.45, 7) is 0. The highest BCUT2D eigenvalue weighted by molar-refractivity contribution is 5.64. The smallest absolute Gasteiger partial charge is 0.266 e. The Kier molecular flexibility index (Phi) is 1.68. The standard InChI is InChI=1S/C10H7N5O/c11-4-6-3-5-1-2-7-9(14-15-13-7)8(5)12-10(6)16/h3H,1-2H2,(H,12,16)(H,13,14,15). The van der Waals surface area contributed by atoms with Crippen LogP contribution in [-0.2, 0) is 12.8 Å². The topological polar surface area (TPSA) is 98.2 Å². The van der Waals surface area contributed by atoms with Gasteiger partial charge in [0.1, 0.15) is 17.3 Å². The minimum absolute atomic E-state index is 0.144. The molecule has 0 saturated carbocycles. The van der Waals surface area contributed by atoms with Crippen LogP contribution in [0.5, 0.6) is 0 Å². The van der Waals surface area contributed by atoms with E-state index in [1.54, 1.807) is 6.07 Å². The highest BCUT2D eigenvalue weighted by Crippen LogP contribution is 2.27. The largest absolute Gasteiger partial charge is 0.319 e. The molecule has 0 atom stereocenters. The summed E-state index contributed by atoms with van der Waals surface area (Å²) >= 11 is 0. The second kappa shape index (κ2) is 3.03. The number of pyridine rings is 1. The third-order valence-corrected chi connectivity index (χ3v) is 2.73. The molecule has 0 spiro atoms. The van der Waals surface area contributed by atoms with Gasteiger partial charge in [0.15, 0.2) is 0 Å². The van der Waals surface area contributed by atoms with Crippen molar-refractivity contribution >= 4 is 0 Å². The van der Waals surface area contributed by atoms with E-state index in [1.165, 1.54) is 0 Å². The SMILES string of the molecule is N#Cc1cc2c([nH]c1=O)-c1n[nH]nc1CC2. The van der Waals surface area contributed by atoms with Crippen LogP contribution < -0.4 is 5.56 Å². The predicted octanol–water partition coefficient (Wildman–Crippen LogP) is 0.130. The number of hydrogen-bond donors (Lipinski definition) is 2. The second-order valence-corrected chi connectivity index (χ2v) is 3.64. The average molecular weight is 213 g/mol. The van der Waals surface area contributed by atoms with Crippen LogP contribution >= 0.6 is 0 Å². The average Bonchev–Trinajstić information content (AvgIpc) is 2.76. The molecular formula is C10H7N5O. The molecular weight excluding hydrogens is 206 g/mol. The van der Waals surface area contributed by atoms with Gasteiger partial charge in [-0.25, -0.2) is 0 Å². The number of hydrogen-bond acceptors (Lipinski definition) is 4. The van der Waals surface area contributed by atoms with Gasteiger partial charge in [-0.3, -0.25) is 4.79 Å². The lowest BCUT2D eigenvalue weighted by atomic mass is 9.96. The highest BCUT2D eigenvalue weighted by atomic mass is 16.1. The van der Waals surface area contributed by atoms with E-state index in [0.29, 0.717) is 11.4 Å². The number of nitrogens with one attached hydrogen (secondary N) is 2. The van der Waals surface area contributed by atoms with Crippen molar-refractivity contribution in [3.05, 3.63) is 33.2 Å². The molecule has 6 heteroatoms. The van der Waals surface area contributed by atoms with Gasteiger partial charge in [-0.05, 0) is 24.5 Å². The van der Waals surface area contributed by atoms with Crippen molar-refractivity contribution in [2.75, 3.05) is 0 Å². The summed E-state index contributed by atoms with van der Waals surface area (Å²) in [4.78, 5) is 14.2. The van der Waals surface area contributed by atoms with Gasteiger partial charge in [0.05, 0.1) is 11.4 Å². The molecule has 1 aliphatic rings. The molecule has 2 heterocycles. The Morgan fingerprint density at radius 2 is 2.25 bits per heavy atom. The van der Waals surface area contributed by atoms with Crippen molar-refractivity contribution in [3.8, 4) is 17.5 Å². The number of nitrogens with zero attached hydrogens (tertiary/aromatic N) is 3. The first-order valence-corrected chi connectivity index (χ1v) is 4.86. The van der Waals surface area contributed by atoms with Crippen LogP contribution in [0.25, 0.3) is 11.4 Å². The Morgan fingerprint density at radius 1 is 1.38 bits per heavy atom. The summed E-state index contributed by atoms with van der Waals surface area (Å²) in [5.41, 5.74) is 2.93. The van der Waals surface area contributed by atoms with Crippen LogP contribution in [0.15, 0.2) is 10.9 Å². The highest BCUT2D eigenvalue weighted by Gasteiger charge is 2.21. The maximum absolute atomic E-state index is 11.5. The van der Waals surface area contributed by atoms with E-state index in [1.807, 2.05) is 6.07 Å². The first kappa shape index (κ1) is 8.85. The van der Waals surface area contributed by atoms with Crippen LogP contribution in [0.1, 0.15) is 16.8 Å². The van der Waals surface area contributed by atoms with E-state index in [0.717, 1.165) is 24.1 Å². The Bertz CT molecular complexity index is 661. The van der Waals surface area contributed by atoms with Crippen LogP contribution in [0.3, 0.4) is 0 Å². The molecule has 0 aliphatic heterocycles. The molecule has 0 bridgehead atoms. The third kappa shape index (κ3) is 1.08. The van der Waals surface area contributed by atoms with Crippen molar-refractivity contribution in [1.82, 2.24) is 20.4 Å². The summed E-state index contributed by atoms with van der Waals surface area (Å²) in [7, 11) is 0. The van der Waals surface area contributed by atoms with Crippen molar-refractivity contribution < 1.29 is 0 Å². The molecule has 0 unspecified atom stereocenters. The van der Waals surface area contributed by atoms with E-state index in [9.17, 15) is 4.79 Å². The zero-order valence-corrected chi connectivity index (χ0v) is 8.24. The summed E-state index contributed by atoms with van der Waals surface area (Å²) < 4.78 is 0. The molecule has 16 heavy (non-hydrogen) atoms. The van der Waals surface area contributed by atoms with E-state index >= 15 is 0 Å². The Morgan fingerprint density at radius 3 is 3.06 bits per heavy atom. The zero-order valence-electron chi connectivity index (χ0n) is 8.24. The lowest BCUT2D eigenvalue weighted by Gasteiger charge is -2.12. The molecule has 6 nitrogen and oxygen atoms in total. The summed E-state index contributed by atoms with van der Waals surface area (Å²) in [5.74, 6) is 0. The summed E-state index contributed by atoms with van der Waals surface area (Å²) in [6.07, 6.45) is 1.54. The number of nitriles is 1. The molecule has 2 N–H and O–H groups in total. The van der Waals surface area contributed by atoms with E-state index in [2.05, 4.69) is 20.4 Å². The van der Waals surface area contributed by atoms with Gasteiger partial charge >= 0.3 is 0 Å². The van der Waals surface area contributed by atoms with Crippen LogP contribution in [0, 0.1) is 11.3 Å². The fourth-order valence-electron chi connectivity index (χ4n) is 1.94. The summed E-state index contributed by atoms with van der Waals surface area (Å²) in [6, 6.07) is 3.51. The molecule has 2 aromatic rings. The van der Waals surface area contributed by atoms with Crippen molar-refractivity contribution in [2.45, 2.75) is 12.8 Å².